The van der Waals surface area contributed by atoms with Crippen LogP contribution in [-0.4, -0.2) is 16.2 Å². The first-order valence-electron chi connectivity index (χ1n) is 7.78. The number of rotatable bonds is 4. The number of nitrogens with zero attached hydrogens (tertiary/aromatic N) is 1. The zero-order valence-corrected chi connectivity index (χ0v) is 12.9. The Hall–Kier alpha value is -0.930. The minimum Gasteiger partial charge on any atom is -0.392 e. The Bertz CT molecular complexity index is 532. The molecule has 3 unspecified atom stereocenters. The van der Waals surface area contributed by atoms with Gasteiger partial charge < -0.3 is 5.11 Å². The second-order valence-electron chi connectivity index (χ2n) is 6.05. The molecule has 0 radical (unpaired) electrons. The van der Waals surface area contributed by atoms with Crippen LogP contribution in [0.5, 0.6) is 0 Å². The molecule has 1 fully saturated rings. The number of hydrogen-bond donors (Lipinski definition) is 1. The summed E-state index contributed by atoms with van der Waals surface area (Å²) >= 11 is 1.73. The highest BCUT2D eigenvalue weighted by molar-refractivity contribution is 7.18. The number of aliphatic hydroxyl groups is 1. The predicted octanol–water partition coefficient (Wildman–Crippen LogP) is 4.42. The van der Waals surface area contributed by atoms with Crippen LogP contribution in [0.15, 0.2) is 24.3 Å². The van der Waals surface area contributed by atoms with Gasteiger partial charge in [-0.15, -0.1) is 11.3 Å². The lowest BCUT2D eigenvalue weighted by molar-refractivity contribution is 0.0685. The summed E-state index contributed by atoms with van der Waals surface area (Å²) in [6.45, 7) is 2.27. The molecular weight excluding hydrogens is 266 g/mol. The molecule has 0 bridgehead atoms. The summed E-state index contributed by atoms with van der Waals surface area (Å²) in [5, 5.41) is 11.6. The highest BCUT2D eigenvalue weighted by atomic mass is 32.1. The van der Waals surface area contributed by atoms with Crippen molar-refractivity contribution in [2.45, 2.75) is 51.6 Å². The summed E-state index contributed by atoms with van der Waals surface area (Å²) < 4.78 is 1.23. The average Bonchev–Trinajstić information content (AvgIpc) is 2.89. The van der Waals surface area contributed by atoms with Gasteiger partial charge in [0.2, 0.25) is 0 Å². The third kappa shape index (κ3) is 3.04. The highest BCUT2D eigenvalue weighted by Crippen LogP contribution is 2.34. The maximum atomic E-state index is 10.5. The van der Waals surface area contributed by atoms with Gasteiger partial charge in [-0.05, 0) is 36.8 Å². The molecule has 0 aliphatic heterocycles. The third-order valence-corrected chi connectivity index (χ3v) is 5.73. The zero-order chi connectivity index (χ0) is 13.9. The molecule has 1 aromatic carbocycles. The zero-order valence-electron chi connectivity index (χ0n) is 12.1. The van der Waals surface area contributed by atoms with Crippen LogP contribution in [0, 0.1) is 11.8 Å². The van der Waals surface area contributed by atoms with E-state index in [0.29, 0.717) is 5.92 Å². The first-order valence-corrected chi connectivity index (χ1v) is 8.60. The average molecular weight is 289 g/mol. The Balaban J connectivity index is 1.67. The lowest BCUT2D eigenvalue weighted by atomic mass is 9.77. The molecule has 2 aromatic rings. The minimum absolute atomic E-state index is 0.218. The van der Waals surface area contributed by atoms with E-state index in [-0.39, 0.29) is 6.10 Å². The molecule has 2 nitrogen and oxygen atoms in total. The number of aliphatic hydroxyl groups excluding tert-OH is 1. The van der Waals surface area contributed by atoms with Crippen LogP contribution in [0.1, 0.15) is 44.0 Å². The molecule has 0 spiro atoms. The van der Waals surface area contributed by atoms with Gasteiger partial charge in [0.05, 0.1) is 21.3 Å². The molecule has 1 aromatic heterocycles. The van der Waals surface area contributed by atoms with Gasteiger partial charge in [-0.1, -0.05) is 38.3 Å². The summed E-state index contributed by atoms with van der Waals surface area (Å²) in [5.41, 5.74) is 1.06. The monoisotopic (exact) mass is 289 g/mol. The van der Waals surface area contributed by atoms with Crippen molar-refractivity contribution in [2.24, 2.45) is 11.8 Å². The summed E-state index contributed by atoms with van der Waals surface area (Å²) in [6, 6.07) is 8.23. The molecule has 1 heterocycles. The Labute approximate surface area is 124 Å². The molecule has 20 heavy (non-hydrogen) atoms. The van der Waals surface area contributed by atoms with E-state index in [2.05, 4.69) is 24.0 Å². The van der Waals surface area contributed by atoms with Gasteiger partial charge in [0, 0.05) is 6.42 Å². The van der Waals surface area contributed by atoms with Gasteiger partial charge >= 0.3 is 0 Å². The number of hydrogen-bond acceptors (Lipinski definition) is 3. The highest BCUT2D eigenvalue weighted by Gasteiger charge is 2.27. The number of thiazole rings is 1. The van der Waals surface area contributed by atoms with Crippen LogP contribution in [0.3, 0.4) is 0 Å². The number of fused-ring (bicyclic) bond motifs is 1. The second-order valence-corrected chi connectivity index (χ2v) is 7.16. The van der Waals surface area contributed by atoms with E-state index in [4.69, 9.17) is 0 Å². The Morgan fingerprint density at radius 2 is 2.20 bits per heavy atom. The fourth-order valence-electron chi connectivity index (χ4n) is 3.41. The quantitative estimate of drug-likeness (QED) is 0.904. The molecule has 1 aliphatic rings. The lowest BCUT2D eigenvalue weighted by Gasteiger charge is -2.31. The molecule has 108 valence electrons. The largest absolute Gasteiger partial charge is 0.392 e. The first kappa shape index (κ1) is 14.0. The van der Waals surface area contributed by atoms with E-state index >= 15 is 0 Å². The van der Waals surface area contributed by atoms with E-state index in [1.54, 1.807) is 11.3 Å². The number of aromatic nitrogens is 1. The molecule has 3 atom stereocenters. The summed E-state index contributed by atoms with van der Waals surface area (Å²) in [5.74, 6) is 1.29. The maximum absolute atomic E-state index is 10.5. The van der Waals surface area contributed by atoms with Gasteiger partial charge in [0.25, 0.3) is 0 Å². The van der Waals surface area contributed by atoms with Crippen LogP contribution in [0.4, 0.5) is 0 Å². The van der Waals surface area contributed by atoms with Crippen molar-refractivity contribution in [2.75, 3.05) is 0 Å². The molecule has 0 saturated heterocycles. The van der Waals surface area contributed by atoms with Crippen molar-refractivity contribution in [1.29, 1.82) is 0 Å². The summed E-state index contributed by atoms with van der Waals surface area (Å²) in [4.78, 5) is 4.65. The van der Waals surface area contributed by atoms with Gasteiger partial charge in [0.15, 0.2) is 0 Å². The molecule has 1 N–H and O–H groups in total. The van der Waals surface area contributed by atoms with Crippen molar-refractivity contribution in [3.8, 4) is 0 Å². The summed E-state index contributed by atoms with van der Waals surface area (Å²) in [6.07, 6.45) is 6.77. The number of para-hydroxylation sites is 1. The van der Waals surface area contributed by atoms with Crippen molar-refractivity contribution in [1.82, 2.24) is 4.98 Å². The van der Waals surface area contributed by atoms with Crippen molar-refractivity contribution < 1.29 is 5.11 Å². The Morgan fingerprint density at radius 1 is 1.35 bits per heavy atom. The molecule has 1 aliphatic carbocycles. The topological polar surface area (TPSA) is 33.1 Å². The SMILES string of the molecule is CCC1CCCC(C(O)Cc2nc3ccccc3s2)C1. The predicted molar refractivity (Wildman–Crippen MR) is 85.1 cm³/mol. The van der Waals surface area contributed by atoms with E-state index < -0.39 is 0 Å². The van der Waals surface area contributed by atoms with Crippen molar-refractivity contribution in [3.05, 3.63) is 29.3 Å². The van der Waals surface area contributed by atoms with Crippen LogP contribution in [0.25, 0.3) is 10.2 Å². The molecule has 1 saturated carbocycles. The van der Waals surface area contributed by atoms with Gasteiger partial charge in [0.1, 0.15) is 0 Å². The van der Waals surface area contributed by atoms with Gasteiger partial charge in [-0.25, -0.2) is 4.98 Å². The van der Waals surface area contributed by atoms with Crippen LogP contribution < -0.4 is 0 Å². The smallest absolute Gasteiger partial charge is 0.0964 e. The van der Waals surface area contributed by atoms with Crippen molar-refractivity contribution in [3.63, 3.8) is 0 Å². The van der Waals surface area contributed by atoms with E-state index in [1.807, 2.05) is 12.1 Å². The lowest BCUT2D eigenvalue weighted by Crippen LogP contribution is -2.28. The maximum Gasteiger partial charge on any atom is 0.0964 e. The molecule has 3 heteroatoms. The molecule has 3 rings (SSSR count). The van der Waals surface area contributed by atoms with Gasteiger partial charge in [-0.3, -0.25) is 0 Å². The fraction of sp³-hybridized carbons (Fsp3) is 0.588. The van der Waals surface area contributed by atoms with Gasteiger partial charge in [-0.2, -0.15) is 0 Å². The Morgan fingerprint density at radius 3 is 3.00 bits per heavy atom. The van der Waals surface area contributed by atoms with Crippen molar-refractivity contribution >= 4 is 21.6 Å². The molecule has 0 amide bonds. The van der Waals surface area contributed by atoms with Crippen LogP contribution in [-0.2, 0) is 6.42 Å². The fourth-order valence-corrected chi connectivity index (χ4v) is 4.42. The van der Waals surface area contributed by atoms with E-state index in [0.717, 1.165) is 22.9 Å². The summed E-state index contributed by atoms with van der Waals surface area (Å²) in [7, 11) is 0. The van der Waals surface area contributed by atoms with E-state index in [9.17, 15) is 5.11 Å². The van der Waals surface area contributed by atoms with Crippen LogP contribution >= 0.6 is 11.3 Å². The minimum atomic E-state index is -0.218. The van der Waals surface area contributed by atoms with Crippen LogP contribution in [0.2, 0.25) is 0 Å². The second kappa shape index (κ2) is 6.23. The number of benzene rings is 1. The Kier molecular flexibility index (Phi) is 4.37. The first-order chi connectivity index (χ1) is 9.76. The standard InChI is InChI=1S/C17H23NOS/c1-2-12-6-5-7-13(10-12)15(19)11-17-18-14-8-3-4-9-16(14)20-17/h3-4,8-9,12-13,15,19H,2,5-7,10-11H2,1H3. The normalized spacial score (nSPS) is 24.9. The molecular formula is C17H23NOS. The van der Waals surface area contributed by atoms with E-state index in [1.165, 1.54) is 36.8 Å². The third-order valence-electron chi connectivity index (χ3n) is 4.67.